The van der Waals surface area contributed by atoms with Crippen molar-refractivity contribution in [1.82, 2.24) is 14.9 Å². The molecule has 0 bridgehead atoms. The minimum absolute atomic E-state index is 0.193. The minimum Gasteiger partial charge on any atom is -0.467 e. The number of nitrogens with one attached hydrogen (secondary N) is 2. The fourth-order valence-corrected chi connectivity index (χ4v) is 4.03. The van der Waals surface area contributed by atoms with E-state index in [0.717, 1.165) is 0 Å². The first-order chi connectivity index (χ1) is 12.7. The summed E-state index contributed by atoms with van der Waals surface area (Å²) in [6.45, 7) is 4.91. The smallest absolute Gasteiger partial charge is 0.242 e. The molecule has 2 rings (SSSR count). The molecule has 2 amide bonds. The SMILES string of the molecule is CC(C)C[C@H](NC(=O)C1CCN(S(C)(=O)=O)CC1)C(=O)NCc1ccco1. The summed E-state index contributed by atoms with van der Waals surface area (Å²) in [7, 11) is -3.23. The summed E-state index contributed by atoms with van der Waals surface area (Å²) in [5, 5.41) is 5.64. The standard InChI is InChI=1S/C18H29N3O5S/c1-13(2)11-16(18(23)19-12-15-5-4-10-26-15)20-17(22)14-6-8-21(9-7-14)27(3,24)25/h4-5,10,13-14,16H,6-9,11-12H2,1-3H3,(H,19,23)(H,20,22)/t16-/m0/s1. The highest BCUT2D eigenvalue weighted by Crippen LogP contribution is 2.20. The summed E-state index contributed by atoms with van der Waals surface area (Å²) >= 11 is 0. The van der Waals surface area contributed by atoms with Gasteiger partial charge in [0.1, 0.15) is 11.8 Å². The summed E-state index contributed by atoms with van der Waals surface area (Å²) < 4.78 is 29.8. The molecule has 0 spiro atoms. The Balaban J connectivity index is 1.90. The molecule has 0 aliphatic carbocycles. The quantitative estimate of drug-likeness (QED) is 0.680. The lowest BCUT2D eigenvalue weighted by molar-refractivity contribution is -0.132. The van der Waals surface area contributed by atoms with Crippen LogP contribution in [0.15, 0.2) is 22.8 Å². The summed E-state index contributed by atoms with van der Waals surface area (Å²) in [4.78, 5) is 25.1. The summed E-state index contributed by atoms with van der Waals surface area (Å²) in [5.74, 6) is 0.155. The highest BCUT2D eigenvalue weighted by molar-refractivity contribution is 7.88. The molecule has 1 aromatic rings. The van der Waals surface area contributed by atoms with Gasteiger partial charge in [-0.1, -0.05) is 13.8 Å². The van der Waals surface area contributed by atoms with E-state index in [1.54, 1.807) is 12.1 Å². The number of rotatable bonds is 8. The molecular weight excluding hydrogens is 370 g/mol. The summed E-state index contributed by atoms with van der Waals surface area (Å²) in [6.07, 6.45) is 4.16. The minimum atomic E-state index is -3.23. The first kappa shape index (κ1) is 21.4. The van der Waals surface area contributed by atoms with Crippen LogP contribution in [0.4, 0.5) is 0 Å². The number of amides is 2. The molecule has 0 aromatic carbocycles. The van der Waals surface area contributed by atoms with Crippen molar-refractivity contribution in [3.63, 3.8) is 0 Å². The highest BCUT2D eigenvalue weighted by atomic mass is 32.2. The maximum absolute atomic E-state index is 12.6. The average Bonchev–Trinajstić information content (AvgIpc) is 3.11. The second-order valence-corrected chi connectivity index (χ2v) is 9.41. The molecule has 1 aliphatic rings. The number of furan rings is 1. The average molecular weight is 400 g/mol. The van der Waals surface area contributed by atoms with Crippen molar-refractivity contribution >= 4 is 21.8 Å². The van der Waals surface area contributed by atoms with Crippen LogP contribution in [0.2, 0.25) is 0 Å². The van der Waals surface area contributed by atoms with Crippen LogP contribution in [0.1, 0.15) is 38.9 Å². The third kappa shape index (κ3) is 6.66. The Morgan fingerprint density at radius 1 is 1.30 bits per heavy atom. The first-order valence-corrected chi connectivity index (χ1v) is 11.1. The number of hydrogen-bond acceptors (Lipinski definition) is 5. The Hall–Kier alpha value is -1.87. The van der Waals surface area contributed by atoms with Gasteiger partial charge in [0.15, 0.2) is 0 Å². The third-order valence-corrected chi connectivity index (χ3v) is 5.95. The van der Waals surface area contributed by atoms with Crippen LogP contribution in [-0.2, 0) is 26.2 Å². The van der Waals surface area contributed by atoms with Crippen molar-refractivity contribution in [1.29, 1.82) is 0 Å². The fourth-order valence-electron chi connectivity index (χ4n) is 3.15. The van der Waals surface area contributed by atoms with Gasteiger partial charge in [0.25, 0.3) is 0 Å². The third-order valence-electron chi connectivity index (χ3n) is 4.65. The van der Waals surface area contributed by atoms with E-state index in [-0.39, 0.29) is 30.2 Å². The molecule has 152 valence electrons. The van der Waals surface area contributed by atoms with E-state index in [9.17, 15) is 18.0 Å². The van der Waals surface area contributed by atoms with Crippen molar-refractivity contribution in [3.8, 4) is 0 Å². The maximum atomic E-state index is 12.6. The number of sulfonamides is 1. The topological polar surface area (TPSA) is 109 Å². The van der Waals surface area contributed by atoms with Crippen LogP contribution >= 0.6 is 0 Å². The maximum Gasteiger partial charge on any atom is 0.242 e. The summed E-state index contributed by atoms with van der Waals surface area (Å²) in [6, 6.07) is 2.89. The Labute approximate surface area is 160 Å². The van der Waals surface area contributed by atoms with Crippen molar-refractivity contribution in [2.75, 3.05) is 19.3 Å². The van der Waals surface area contributed by atoms with Gasteiger partial charge in [0.2, 0.25) is 21.8 Å². The van der Waals surface area contributed by atoms with Crippen molar-refractivity contribution in [2.24, 2.45) is 11.8 Å². The molecule has 0 saturated carbocycles. The summed E-state index contributed by atoms with van der Waals surface area (Å²) in [5.41, 5.74) is 0. The van der Waals surface area contributed by atoms with Gasteiger partial charge in [-0.3, -0.25) is 9.59 Å². The molecule has 1 aromatic heterocycles. The van der Waals surface area contributed by atoms with Gasteiger partial charge in [-0.2, -0.15) is 0 Å². The molecule has 2 N–H and O–H groups in total. The lowest BCUT2D eigenvalue weighted by Crippen LogP contribution is -2.50. The van der Waals surface area contributed by atoms with Gasteiger partial charge in [-0.15, -0.1) is 0 Å². The fraction of sp³-hybridized carbons (Fsp3) is 0.667. The predicted molar refractivity (Wildman–Crippen MR) is 101 cm³/mol. The molecule has 1 aliphatic heterocycles. The number of hydrogen-bond donors (Lipinski definition) is 2. The van der Waals surface area contributed by atoms with Gasteiger partial charge < -0.3 is 15.1 Å². The van der Waals surface area contributed by atoms with Crippen molar-refractivity contribution in [2.45, 2.75) is 45.7 Å². The zero-order valence-corrected chi connectivity index (χ0v) is 16.9. The van der Waals surface area contributed by atoms with Gasteiger partial charge in [-0.25, -0.2) is 12.7 Å². The highest BCUT2D eigenvalue weighted by Gasteiger charge is 2.31. The van der Waals surface area contributed by atoms with Crippen LogP contribution in [0.3, 0.4) is 0 Å². The van der Waals surface area contributed by atoms with Gasteiger partial charge in [-0.05, 0) is 37.3 Å². The van der Waals surface area contributed by atoms with Crippen molar-refractivity contribution < 1.29 is 22.4 Å². The van der Waals surface area contributed by atoms with E-state index >= 15 is 0 Å². The molecule has 1 atom stereocenters. The van der Waals surface area contributed by atoms with Gasteiger partial charge >= 0.3 is 0 Å². The first-order valence-electron chi connectivity index (χ1n) is 9.22. The normalized spacial score (nSPS) is 17.6. The second kappa shape index (κ2) is 9.36. The van der Waals surface area contributed by atoms with Gasteiger partial charge in [0.05, 0.1) is 19.1 Å². The molecule has 0 unspecified atom stereocenters. The molecule has 27 heavy (non-hydrogen) atoms. The molecule has 1 saturated heterocycles. The second-order valence-electron chi connectivity index (χ2n) is 7.42. The Morgan fingerprint density at radius 2 is 1.96 bits per heavy atom. The van der Waals surface area contributed by atoms with Crippen LogP contribution in [-0.4, -0.2) is 49.9 Å². The van der Waals surface area contributed by atoms with Crippen molar-refractivity contribution in [3.05, 3.63) is 24.2 Å². The largest absolute Gasteiger partial charge is 0.467 e. The molecular formula is C18H29N3O5S. The zero-order chi connectivity index (χ0) is 20.0. The molecule has 9 heteroatoms. The Bertz CT molecular complexity index is 722. The van der Waals surface area contributed by atoms with Crippen LogP contribution in [0.5, 0.6) is 0 Å². The molecule has 8 nitrogen and oxygen atoms in total. The van der Waals surface area contributed by atoms with E-state index in [2.05, 4.69) is 10.6 Å². The number of piperidine rings is 1. The molecule has 0 radical (unpaired) electrons. The monoisotopic (exact) mass is 399 g/mol. The predicted octanol–water partition coefficient (Wildman–Crippen LogP) is 1.10. The Kier molecular flexibility index (Phi) is 7.43. The Morgan fingerprint density at radius 3 is 2.48 bits per heavy atom. The van der Waals surface area contributed by atoms with Gasteiger partial charge in [0, 0.05) is 19.0 Å². The van der Waals surface area contributed by atoms with E-state index in [1.807, 2.05) is 13.8 Å². The van der Waals surface area contributed by atoms with Crippen LogP contribution in [0, 0.1) is 11.8 Å². The number of carbonyl (C=O) groups is 2. The zero-order valence-electron chi connectivity index (χ0n) is 16.1. The molecule has 1 fully saturated rings. The van der Waals surface area contributed by atoms with E-state index in [4.69, 9.17) is 4.42 Å². The van der Waals surface area contributed by atoms with E-state index in [0.29, 0.717) is 38.1 Å². The lowest BCUT2D eigenvalue weighted by Gasteiger charge is -2.30. The molecule has 2 heterocycles. The van der Waals surface area contributed by atoms with E-state index in [1.165, 1.54) is 16.8 Å². The number of nitrogens with zero attached hydrogens (tertiary/aromatic N) is 1. The number of carbonyl (C=O) groups excluding carboxylic acids is 2. The van der Waals surface area contributed by atoms with Crippen LogP contribution < -0.4 is 10.6 Å². The van der Waals surface area contributed by atoms with Crippen LogP contribution in [0.25, 0.3) is 0 Å². The lowest BCUT2D eigenvalue weighted by atomic mass is 9.95. The van der Waals surface area contributed by atoms with E-state index < -0.39 is 16.1 Å².